The number of carbonyl (C=O) groups excluding carboxylic acids is 1. The van der Waals surface area contributed by atoms with Crippen LogP contribution in [0.3, 0.4) is 0 Å². The number of aromatic nitrogens is 2. The fourth-order valence-corrected chi connectivity index (χ4v) is 3.87. The molecule has 0 spiro atoms. The summed E-state index contributed by atoms with van der Waals surface area (Å²) in [6.07, 6.45) is -2.96. The molecule has 1 aromatic heterocycles. The van der Waals surface area contributed by atoms with Crippen molar-refractivity contribution >= 4 is 11.7 Å². The molecule has 2 N–H and O–H groups in total. The number of fused-ring (bicyclic) bond motifs is 1. The average Bonchev–Trinajstić information content (AvgIpc) is 3.22. The maximum Gasteiger partial charge on any atom is 0.410 e. The van der Waals surface area contributed by atoms with E-state index in [-0.39, 0.29) is 17.8 Å². The molecule has 0 bridgehead atoms. The zero-order chi connectivity index (χ0) is 22.7. The Bertz CT molecular complexity index is 1080. The summed E-state index contributed by atoms with van der Waals surface area (Å²) in [6.45, 7) is 0.357. The molecule has 0 radical (unpaired) electrons. The van der Waals surface area contributed by atoms with Gasteiger partial charge in [-0.25, -0.2) is 4.68 Å². The molecule has 0 saturated heterocycles. The van der Waals surface area contributed by atoms with Crippen LogP contribution in [0.2, 0.25) is 0 Å². The first-order chi connectivity index (χ1) is 15.4. The van der Waals surface area contributed by atoms with E-state index >= 15 is 0 Å². The molecule has 0 saturated carbocycles. The molecule has 2 aromatic carbocycles. The number of carbonyl (C=O) groups is 1. The third-order valence-corrected chi connectivity index (χ3v) is 5.52. The van der Waals surface area contributed by atoms with E-state index in [1.165, 1.54) is 13.3 Å². The van der Waals surface area contributed by atoms with Gasteiger partial charge in [0.25, 0.3) is 5.91 Å². The highest BCUT2D eigenvalue weighted by molar-refractivity contribution is 5.98. The molecule has 32 heavy (non-hydrogen) atoms. The van der Waals surface area contributed by atoms with Crippen molar-refractivity contribution in [3.05, 3.63) is 77.5 Å². The van der Waals surface area contributed by atoms with Crippen molar-refractivity contribution in [1.82, 2.24) is 15.1 Å². The SMILES string of the molecule is COc1cccc([C@@H]2C[C@@H](C(F)(F)F)n3ncc(C(=O)NCCc4ccccc4)c3N2)c1. The number of ether oxygens (including phenoxy) is 1. The van der Waals surface area contributed by atoms with Gasteiger partial charge in [0, 0.05) is 13.0 Å². The van der Waals surface area contributed by atoms with Gasteiger partial charge in [-0.2, -0.15) is 18.3 Å². The normalized spacial score (nSPS) is 17.9. The first-order valence-electron chi connectivity index (χ1n) is 10.2. The lowest BCUT2D eigenvalue weighted by Gasteiger charge is -2.34. The van der Waals surface area contributed by atoms with Gasteiger partial charge in [0.1, 0.15) is 17.1 Å². The summed E-state index contributed by atoms with van der Waals surface area (Å²) in [5, 5.41) is 9.77. The van der Waals surface area contributed by atoms with Gasteiger partial charge in [0.15, 0.2) is 6.04 Å². The molecule has 0 unspecified atom stereocenters. The van der Waals surface area contributed by atoms with Crippen molar-refractivity contribution in [3.63, 3.8) is 0 Å². The van der Waals surface area contributed by atoms with E-state index in [2.05, 4.69) is 15.7 Å². The summed E-state index contributed by atoms with van der Waals surface area (Å²) < 4.78 is 47.6. The maximum absolute atomic E-state index is 13.8. The number of amides is 1. The Morgan fingerprint density at radius 2 is 2.00 bits per heavy atom. The lowest BCUT2D eigenvalue weighted by molar-refractivity contribution is -0.173. The largest absolute Gasteiger partial charge is 0.497 e. The Kier molecular flexibility index (Phi) is 6.07. The highest BCUT2D eigenvalue weighted by Gasteiger charge is 2.47. The third-order valence-electron chi connectivity index (χ3n) is 5.52. The molecule has 9 heteroatoms. The minimum atomic E-state index is -4.51. The summed E-state index contributed by atoms with van der Waals surface area (Å²) in [5.41, 5.74) is 1.78. The minimum absolute atomic E-state index is 0.0589. The Morgan fingerprint density at radius 3 is 2.72 bits per heavy atom. The molecule has 0 aliphatic carbocycles. The van der Waals surface area contributed by atoms with Crippen molar-refractivity contribution in [2.24, 2.45) is 0 Å². The van der Waals surface area contributed by atoms with Gasteiger partial charge in [0.2, 0.25) is 0 Å². The predicted molar refractivity (Wildman–Crippen MR) is 114 cm³/mol. The number of nitrogens with zero attached hydrogens (tertiary/aromatic N) is 2. The van der Waals surface area contributed by atoms with Crippen LogP contribution in [0.25, 0.3) is 0 Å². The van der Waals surface area contributed by atoms with E-state index in [1.807, 2.05) is 30.3 Å². The summed E-state index contributed by atoms with van der Waals surface area (Å²) in [4.78, 5) is 12.8. The van der Waals surface area contributed by atoms with Crippen LogP contribution in [-0.2, 0) is 6.42 Å². The Hall–Kier alpha value is -3.49. The van der Waals surface area contributed by atoms with Crippen LogP contribution in [0.5, 0.6) is 5.75 Å². The molecule has 0 fully saturated rings. The monoisotopic (exact) mass is 444 g/mol. The number of hydrogen-bond acceptors (Lipinski definition) is 4. The predicted octanol–water partition coefficient (Wildman–Crippen LogP) is 4.52. The minimum Gasteiger partial charge on any atom is -0.497 e. The van der Waals surface area contributed by atoms with Crippen LogP contribution < -0.4 is 15.4 Å². The molecular weight excluding hydrogens is 421 g/mol. The Balaban J connectivity index is 1.57. The Morgan fingerprint density at radius 1 is 1.22 bits per heavy atom. The van der Waals surface area contributed by atoms with E-state index in [4.69, 9.17) is 4.74 Å². The first kappa shape index (κ1) is 21.7. The van der Waals surface area contributed by atoms with Crippen molar-refractivity contribution in [2.75, 3.05) is 19.0 Å². The summed E-state index contributed by atoms with van der Waals surface area (Å²) >= 11 is 0. The number of methoxy groups -OCH3 is 1. The van der Waals surface area contributed by atoms with Gasteiger partial charge >= 0.3 is 6.18 Å². The molecule has 168 valence electrons. The standard InChI is InChI=1S/C23H23F3N4O2/c1-32-17-9-5-8-16(12-17)19-13-20(23(24,25)26)30-21(29-19)18(14-28-30)22(31)27-11-10-15-6-3-2-4-7-15/h2-9,12,14,19-20,29H,10-11,13H2,1H3,(H,27,31)/t19-,20-/m0/s1. The van der Waals surface area contributed by atoms with E-state index in [0.29, 0.717) is 24.3 Å². The Labute approximate surface area is 183 Å². The molecule has 4 rings (SSSR count). The van der Waals surface area contributed by atoms with Crippen molar-refractivity contribution in [1.29, 1.82) is 0 Å². The van der Waals surface area contributed by atoms with E-state index < -0.39 is 24.2 Å². The fourth-order valence-electron chi connectivity index (χ4n) is 3.87. The maximum atomic E-state index is 13.8. The fraction of sp³-hybridized carbons (Fsp3) is 0.304. The number of halogens is 3. The number of alkyl halides is 3. The second-order valence-corrected chi connectivity index (χ2v) is 7.61. The quantitative estimate of drug-likeness (QED) is 0.587. The lowest BCUT2D eigenvalue weighted by atomic mass is 9.96. The van der Waals surface area contributed by atoms with Crippen molar-refractivity contribution in [2.45, 2.75) is 31.1 Å². The van der Waals surface area contributed by atoms with Gasteiger partial charge in [-0.15, -0.1) is 0 Å². The van der Waals surface area contributed by atoms with Gasteiger partial charge in [0.05, 0.1) is 19.3 Å². The molecule has 3 aromatic rings. The highest BCUT2D eigenvalue weighted by atomic mass is 19.4. The molecule has 6 nitrogen and oxygen atoms in total. The molecule has 1 aliphatic heterocycles. The zero-order valence-electron chi connectivity index (χ0n) is 17.4. The van der Waals surface area contributed by atoms with Gasteiger partial charge < -0.3 is 15.4 Å². The summed E-state index contributed by atoms with van der Waals surface area (Å²) in [6, 6.07) is 14.0. The summed E-state index contributed by atoms with van der Waals surface area (Å²) in [7, 11) is 1.50. The number of rotatable bonds is 6. The number of anilines is 1. The second-order valence-electron chi connectivity index (χ2n) is 7.61. The molecular formula is C23H23F3N4O2. The molecule has 1 amide bonds. The van der Waals surface area contributed by atoms with E-state index in [0.717, 1.165) is 10.2 Å². The first-order valence-corrected chi connectivity index (χ1v) is 10.2. The van der Waals surface area contributed by atoms with Gasteiger partial charge in [-0.1, -0.05) is 42.5 Å². The smallest absolute Gasteiger partial charge is 0.410 e. The number of nitrogens with one attached hydrogen (secondary N) is 2. The molecule has 2 atom stereocenters. The third kappa shape index (κ3) is 4.56. The van der Waals surface area contributed by atoms with Crippen LogP contribution >= 0.6 is 0 Å². The second kappa shape index (κ2) is 8.94. The van der Waals surface area contributed by atoms with E-state index in [1.54, 1.807) is 24.3 Å². The highest BCUT2D eigenvalue weighted by Crippen LogP contribution is 2.44. The van der Waals surface area contributed by atoms with Gasteiger partial charge in [-0.05, 0) is 29.7 Å². The van der Waals surface area contributed by atoms with Crippen molar-refractivity contribution in [3.8, 4) is 5.75 Å². The molecule has 2 heterocycles. The van der Waals surface area contributed by atoms with Crippen LogP contribution in [0, 0.1) is 0 Å². The topological polar surface area (TPSA) is 68.2 Å². The number of hydrogen-bond donors (Lipinski definition) is 2. The number of benzene rings is 2. The van der Waals surface area contributed by atoms with E-state index in [9.17, 15) is 18.0 Å². The van der Waals surface area contributed by atoms with Crippen molar-refractivity contribution < 1.29 is 22.7 Å². The van der Waals surface area contributed by atoms with Crippen LogP contribution in [0.4, 0.5) is 19.0 Å². The van der Waals surface area contributed by atoms with Crippen LogP contribution in [-0.4, -0.2) is 35.5 Å². The van der Waals surface area contributed by atoms with Crippen LogP contribution in [0.1, 0.15) is 40.0 Å². The zero-order valence-corrected chi connectivity index (χ0v) is 17.4. The van der Waals surface area contributed by atoms with Crippen LogP contribution in [0.15, 0.2) is 60.8 Å². The lowest BCUT2D eigenvalue weighted by Crippen LogP contribution is -2.36. The summed E-state index contributed by atoms with van der Waals surface area (Å²) in [5.74, 6) is 0.135. The van der Waals surface area contributed by atoms with Gasteiger partial charge in [-0.3, -0.25) is 4.79 Å². The average molecular weight is 444 g/mol. The molecule has 1 aliphatic rings.